The topological polar surface area (TPSA) is 23.5 Å². The molecule has 1 aliphatic rings. The number of nitrogens with zero attached hydrogens (tertiary/aromatic N) is 1. The molecule has 16 heavy (non-hydrogen) atoms. The summed E-state index contributed by atoms with van der Waals surface area (Å²) in [5.41, 5.74) is 2.45. The molecule has 1 unspecified atom stereocenters. The Hall–Kier alpha value is -0.860. The van der Waals surface area contributed by atoms with Gasteiger partial charge in [-0.05, 0) is 56.4 Å². The zero-order chi connectivity index (χ0) is 11.4. The SMILES string of the molecule is CN1CCCC(c2ccc(CO)cc2)CC1. The quantitative estimate of drug-likeness (QED) is 0.825. The Morgan fingerprint density at radius 1 is 1.19 bits per heavy atom. The molecule has 0 saturated carbocycles. The minimum atomic E-state index is 0.147. The second-order valence-corrected chi connectivity index (χ2v) is 4.83. The van der Waals surface area contributed by atoms with Gasteiger partial charge in [0.25, 0.3) is 0 Å². The number of benzene rings is 1. The standard InChI is InChI=1S/C14H21NO/c1-15-9-2-3-13(8-10-15)14-6-4-12(11-16)5-7-14/h4-7,13,16H,2-3,8-11H2,1H3. The third-order valence-electron chi connectivity index (χ3n) is 3.59. The number of aliphatic hydroxyl groups is 1. The Kier molecular flexibility index (Phi) is 3.97. The maximum Gasteiger partial charge on any atom is 0.0681 e. The van der Waals surface area contributed by atoms with Crippen molar-refractivity contribution in [3.05, 3.63) is 35.4 Å². The summed E-state index contributed by atoms with van der Waals surface area (Å²) in [7, 11) is 2.21. The molecule has 88 valence electrons. The summed E-state index contributed by atoms with van der Waals surface area (Å²) in [6.45, 7) is 2.57. The molecule has 0 aromatic heterocycles. The van der Waals surface area contributed by atoms with Crippen molar-refractivity contribution in [3.8, 4) is 0 Å². The van der Waals surface area contributed by atoms with Gasteiger partial charge < -0.3 is 10.0 Å². The third-order valence-corrected chi connectivity index (χ3v) is 3.59. The molecule has 2 heteroatoms. The van der Waals surface area contributed by atoms with Gasteiger partial charge in [0.1, 0.15) is 0 Å². The predicted octanol–water partition coefficient (Wildman–Crippen LogP) is 2.38. The molecule has 1 aliphatic heterocycles. The van der Waals surface area contributed by atoms with Crippen molar-refractivity contribution in [3.63, 3.8) is 0 Å². The van der Waals surface area contributed by atoms with Crippen LogP contribution in [0.3, 0.4) is 0 Å². The first kappa shape index (κ1) is 11.6. The fraction of sp³-hybridized carbons (Fsp3) is 0.571. The summed E-state index contributed by atoms with van der Waals surface area (Å²) < 4.78 is 0. The first-order chi connectivity index (χ1) is 7.79. The van der Waals surface area contributed by atoms with E-state index in [1.54, 1.807) is 0 Å². The lowest BCUT2D eigenvalue weighted by molar-refractivity contribution is 0.282. The Bertz CT molecular complexity index is 320. The van der Waals surface area contributed by atoms with Gasteiger partial charge in [0.15, 0.2) is 0 Å². The van der Waals surface area contributed by atoms with Crippen molar-refractivity contribution >= 4 is 0 Å². The Morgan fingerprint density at radius 3 is 2.62 bits per heavy atom. The van der Waals surface area contributed by atoms with E-state index in [1.165, 1.54) is 37.9 Å². The van der Waals surface area contributed by atoms with Gasteiger partial charge in [-0.2, -0.15) is 0 Å². The lowest BCUT2D eigenvalue weighted by atomic mass is 9.91. The van der Waals surface area contributed by atoms with Crippen LogP contribution in [-0.2, 0) is 6.61 Å². The molecule has 1 N–H and O–H groups in total. The van der Waals surface area contributed by atoms with Crippen molar-refractivity contribution in [1.29, 1.82) is 0 Å². The van der Waals surface area contributed by atoms with Gasteiger partial charge in [0.05, 0.1) is 6.61 Å². The van der Waals surface area contributed by atoms with E-state index in [0.717, 1.165) is 5.56 Å². The van der Waals surface area contributed by atoms with Crippen LogP contribution in [0.1, 0.15) is 36.3 Å². The Balaban J connectivity index is 2.04. The molecule has 2 nitrogen and oxygen atoms in total. The van der Waals surface area contributed by atoms with Crippen molar-refractivity contribution in [2.75, 3.05) is 20.1 Å². The number of hydrogen-bond acceptors (Lipinski definition) is 2. The summed E-state index contributed by atoms with van der Waals surface area (Å²) in [4.78, 5) is 2.42. The molecule has 0 amide bonds. The summed E-state index contributed by atoms with van der Waals surface area (Å²) in [6, 6.07) is 8.46. The van der Waals surface area contributed by atoms with Crippen LogP contribution >= 0.6 is 0 Å². The first-order valence-electron chi connectivity index (χ1n) is 6.18. The van der Waals surface area contributed by atoms with Crippen LogP contribution in [0.4, 0.5) is 0 Å². The minimum Gasteiger partial charge on any atom is -0.392 e. The van der Waals surface area contributed by atoms with Gasteiger partial charge in [0, 0.05) is 0 Å². The Labute approximate surface area is 97.9 Å². The normalized spacial score (nSPS) is 23.0. The molecular formula is C14H21NO. The molecular weight excluding hydrogens is 198 g/mol. The van der Waals surface area contributed by atoms with Crippen molar-refractivity contribution in [2.45, 2.75) is 31.8 Å². The second kappa shape index (κ2) is 5.46. The fourth-order valence-electron chi connectivity index (χ4n) is 2.47. The second-order valence-electron chi connectivity index (χ2n) is 4.83. The summed E-state index contributed by atoms with van der Waals surface area (Å²) in [5, 5.41) is 9.01. The van der Waals surface area contributed by atoms with Gasteiger partial charge in [-0.15, -0.1) is 0 Å². The van der Waals surface area contributed by atoms with Crippen molar-refractivity contribution in [2.24, 2.45) is 0 Å². The zero-order valence-corrected chi connectivity index (χ0v) is 10.0. The molecule has 1 atom stereocenters. The van der Waals surface area contributed by atoms with Crippen LogP contribution in [0.2, 0.25) is 0 Å². The molecule has 1 heterocycles. The highest BCUT2D eigenvalue weighted by Crippen LogP contribution is 2.27. The lowest BCUT2D eigenvalue weighted by Gasteiger charge is -2.15. The third kappa shape index (κ3) is 2.83. The van der Waals surface area contributed by atoms with E-state index < -0.39 is 0 Å². The number of aliphatic hydroxyl groups excluding tert-OH is 1. The van der Waals surface area contributed by atoms with Crippen LogP contribution < -0.4 is 0 Å². The number of hydrogen-bond donors (Lipinski definition) is 1. The van der Waals surface area contributed by atoms with Crippen LogP contribution in [0.5, 0.6) is 0 Å². The fourth-order valence-corrected chi connectivity index (χ4v) is 2.47. The van der Waals surface area contributed by atoms with Crippen LogP contribution in [0, 0.1) is 0 Å². The monoisotopic (exact) mass is 219 g/mol. The van der Waals surface area contributed by atoms with Crippen molar-refractivity contribution < 1.29 is 5.11 Å². The smallest absolute Gasteiger partial charge is 0.0681 e. The van der Waals surface area contributed by atoms with E-state index in [1.807, 2.05) is 12.1 Å². The maximum atomic E-state index is 9.01. The summed E-state index contributed by atoms with van der Waals surface area (Å²) in [6.07, 6.45) is 3.85. The van der Waals surface area contributed by atoms with Crippen LogP contribution in [0.25, 0.3) is 0 Å². The van der Waals surface area contributed by atoms with Crippen molar-refractivity contribution in [1.82, 2.24) is 4.90 Å². The highest BCUT2D eigenvalue weighted by molar-refractivity contribution is 5.25. The van der Waals surface area contributed by atoms with E-state index in [2.05, 4.69) is 24.1 Å². The predicted molar refractivity (Wildman–Crippen MR) is 66.5 cm³/mol. The molecule has 0 bridgehead atoms. The van der Waals surface area contributed by atoms with Crippen LogP contribution in [0.15, 0.2) is 24.3 Å². The molecule has 1 aromatic rings. The zero-order valence-electron chi connectivity index (χ0n) is 10.0. The van der Waals surface area contributed by atoms with Gasteiger partial charge >= 0.3 is 0 Å². The molecule has 2 rings (SSSR count). The largest absolute Gasteiger partial charge is 0.392 e. The molecule has 1 saturated heterocycles. The maximum absolute atomic E-state index is 9.01. The van der Waals surface area contributed by atoms with E-state index in [4.69, 9.17) is 5.11 Å². The highest BCUT2D eigenvalue weighted by atomic mass is 16.3. The molecule has 0 radical (unpaired) electrons. The molecule has 1 aromatic carbocycles. The van der Waals surface area contributed by atoms with Gasteiger partial charge in [0.2, 0.25) is 0 Å². The van der Waals surface area contributed by atoms with E-state index in [9.17, 15) is 0 Å². The van der Waals surface area contributed by atoms with E-state index in [-0.39, 0.29) is 6.61 Å². The van der Waals surface area contributed by atoms with Gasteiger partial charge in [-0.1, -0.05) is 24.3 Å². The summed E-state index contributed by atoms with van der Waals surface area (Å²) in [5.74, 6) is 0.706. The Morgan fingerprint density at radius 2 is 1.94 bits per heavy atom. The average molecular weight is 219 g/mol. The molecule has 0 spiro atoms. The first-order valence-corrected chi connectivity index (χ1v) is 6.18. The minimum absolute atomic E-state index is 0.147. The highest BCUT2D eigenvalue weighted by Gasteiger charge is 2.16. The van der Waals surface area contributed by atoms with E-state index >= 15 is 0 Å². The molecule has 0 aliphatic carbocycles. The average Bonchev–Trinajstić information content (AvgIpc) is 2.54. The van der Waals surface area contributed by atoms with Crippen LogP contribution in [-0.4, -0.2) is 30.1 Å². The number of likely N-dealkylation sites (tertiary alicyclic amines) is 1. The van der Waals surface area contributed by atoms with Gasteiger partial charge in [-0.25, -0.2) is 0 Å². The summed E-state index contributed by atoms with van der Waals surface area (Å²) >= 11 is 0. The van der Waals surface area contributed by atoms with E-state index in [0.29, 0.717) is 5.92 Å². The lowest BCUT2D eigenvalue weighted by Crippen LogP contribution is -2.18. The van der Waals surface area contributed by atoms with Gasteiger partial charge in [-0.3, -0.25) is 0 Å². The molecule has 1 fully saturated rings. The number of rotatable bonds is 2.